The van der Waals surface area contributed by atoms with E-state index in [1.54, 1.807) is 0 Å². The van der Waals surface area contributed by atoms with Crippen LogP contribution in [-0.2, 0) is 0 Å². The Balaban J connectivity index is 2.33. The quantitative estimate of drug-likeness (QED) is 0.746. The molecule has 80 valence electrons. The lowest BCUT2D eigenvalue weighted by atomic mass is 9.76. The number of benzene rings is 1. The second-order valence-electron chi connectivity index (χ2n) is 4.81. The predicted molar refractivity (Wildman–Crippen MR) is 61.2 cm³/mol. The van der Waals surface area contributed by atoms with Crippen LogP contribution >= 0.6 is 0 Å². The molecule has 1 aromatic carbocycles. The number of carbonyl (C=O) groups excluding carboxylic acids is 1. The van der Waals surface area contributed by atoms with Crippen molar-refractivity contribution in [3.63, 3.8) is 0 Å². The first-order chi connectivity index (χ1) is 7.03. The van der Waals surface area contributed by atoms with Crippen LogP contribution in [0.3, 0.4) is 0 Å². The molecule has 1 N–H and O–H groups in total. The molecule has 0 spiro atoms. The molecule has 0 atom stereocenters. The molecule has 0 bridgehead atoms. The van der Waals surface area contributed by atoms with Gasteiger partial charge in [-0.15, -0.1) is 0 Å². The number of nitrogens with one attached hydrogen (secondary N) is 1. The first kappa shape index (κ1) is 10.4. The molecular weight excluding hydrogens is 186 g/mol. The number of hydrogen-bond acceptors (Lipinski definition) is 2. The zero-order valence-corrected chi connectivity index (χ0v) is 9.55. The van der Waals surface area contributed by atoms with E-state index in [9.17, 15) is 4.79 Å². The molecule has 1 saturated heterocycles. The highest BCUT2D eigenvalue weighted by molar-refractivity contribution is 6.02. The van der Waals surface area contributed by atoms with Gasteiger partial charge in [0.2, 0.25) is 0 Å². The van der Waals surface area contributed by atoms with Gasteiger partial charge < -0.3 is 5.32 Å². The fourth-order valence-corrected chi connectivity index (χ4v) is 2.05. The lowest BCUT2D eigenvalue weighted by Gasteiger charge is -2.38. The minimum atomic E-state index is -0.181. The van der Waals surface area contributed by atoms with E-state index in [1.165, 1.54) is 5.56 Å². The van der Waals surface area contributed by atoms with E-state index >= 15 is 0 Å². The Morgan fingerprint density at radius 1 is 1.33 bits per heavy atom. The molecule has 1 heterocycles. The van der Waals surface area contributed by atoms with Crippen molar-refractivity contribution in [2.24, 2.45) is 5.41 Å². The van der Waals surface area contributed by atoms with Gasteiger partial charge in [-0.2, -0.15) is 0 Å². The van der Waals surface area contributed by atoms with Crippen molar-refractivity contribution < 1.29 is 4.79 Å². The molecule has 1 aliphatic heterocycles. The van der Waals surface area contributed by atoms with Crippen LogP contribution in [0.1, 0.15) is 28.4 Å². The molecule has 2 nitrogen and oxygen atoms in total. The molecule has 1 fully saturated rings. The third kappa shape index (κ3) is 1.70. The highest BCUT2D eigenvalue weighted by Gasteiger charge is 2.39. The fraction of sp³-hybridized carbons (Fsp3) is 0.462. The van der Waals surface area contributed by atoms with E-state index in [-0.39, 0.29) is 11.2 Å². The highest BCUT2D eigenvalue weighted by atomic mass is 16.1. The lowest BCUT2D eigenvalue weighted by molar-refractivity contribution is 0.0721. The van der Waals surface area contributed by atoms with Gasteiger partial charge in [0, 0.05) is 18.7 Å². The van der Waals surface area contributed by atoms with Crippen LogP contribution in [-0.4, -0.2) is 18.9 Å². The third-order valence-corrected chi connectivity index (χ3v) is 3.21. The van der Waals surface area contributed by atoms with Gasteiger partial charge in [0.15, 0.2) is 5.78 Å². The van der Waals surface area contributed by atoms with Gasteiger partial charge in [0.1, 0.15) is 0 Å². The summed E-state index contributed by atoms with van der Waals surface area (Å²) in [7, 11) is 0. The van der Waals surface area contributed by atoms with Crippen molar-refractivity contribution in [3.05, 3.63) is 34.9 Å². The SMILES string of the molecule is Cc1ccc(C(=O)C2(C)CNC2)c(C)c1. The Morgan fingerprint density at radius 2 is 2.00 bits per heavy atom. The molecule has 2 heteroatoms. The van der Waals surface area contributed by atoms with Gasteiger partial charge in [-0.05, 0) is 26.3 Å². The average Bonchev–Trinajstić information content (AvgIpc) is 2.13. The Morgan fingerprint density at radius 3 is 2.47 bits per heavy atom. The number of rotatable bonds is 2. The molecule has 2 rings (SSSR count). The molecule has 1 aliphatic rings. The Kier molecular flexibility index (Phi) is 2.39. The van der Waals surface area contributed by atoms with Crippen molar-refractivity contribution in [1.82, 2.24) is 5.32 Å². The van der Waals surface area contributed by atoms with Crippen LogP contribution in [0.5, 0.6) is 0 Å². The molecule has 0 radical (unpaired) electrons. The summed E-state index contributed by atoms with van der Waals surface area (Å²) in [4.78, 5) is 12.2. The largest absolute Gasteiger partial charge is 0.315 e. The maximum atomic E-state index is 12.2. The monoisotopic (exact) mass is 203 g/mol. The van der Waals surface area contributed by atoms with Gasteiger partial charge >= 0.3 is 0 Å². The van der Waals surface area contributed by atoms with Crippen molar-refractivity contribution in [1.29, 1.82) is 0 Å². The maximum Gasteiger partial charge on any atom is 0.171 e. The fourth-order valence-electron chi connectivity index (χ4n) is 2.05. The van der Waals surface area contributed by atoms with E-state index < -0.39 is 0 Å². The maximum absolute atomic E-state index is 12.2. The average molecular weight is 203 g/mol. The molecule has 0 aromatic heterocycles. The van der Waals surface area contributed by atoms with Crippen LogP contribution in [0.2, 0.25) is 0 Å². The zero-order valence-electron chi connectivity index (χ0n) is 9.55. The van der Waals surface area contributed by atoms with Gasteiger partial charge in [-0.3, -0.25) is 4.79 Å². The van der Waals surface area contributed by atoms with E-state index in [0.29, 0.717) is 0 Å². The van der Waals surface area contributed by atoms with E-state index in [0.717, 1.165) is 24.2 Å². The number of hydrogen-bond donors (Lipinski definition) is 1. The summed E-state index contributed by atoms with van der Waals surface area (Å²) < 4.78 is 0. The molecule has 0 amide bonds. The summed E-state index contributed by atoms with van der Waals surface area (Å²) in [5.74, 6) is 0.277. The predicted octanol–water partition coefficient (Wildman–Crippen LogP) is 2.10. The van der Waals surface area contributed by atoms with Crippen LogP contribution in [0.25, 0.3) is 0 Å². The third-order valence-electron chi connectivity index (χ3n) is 3.21. The second kappa shape index (κ2) is 3.46. The number of Topliss-reactive ketones (excluding diaryl/α,β-unsaturated/α-hetero) is 1. The van der Waals surface area contributed by atoms with E-state index in [2.05, 4.69) is 11.4 Å². The Hall–Kier alpha value is -1.15. The van der Waals surface area contributed by atoms with Crippen molar-refractivity contribution in [2.45, 2.75) is 20.8 Å². The first-order valence-electron chi connectivity index (χ1n) is 5.36. The van der Waals surface area contributed by atoms with Crippen molar-refractivity contribution >= 4 is 5.78 Å². The normalized spacial score (nSPS) is 18.3. The topological polar surface area (TPSA) is 29.1 Å². The number of aryl methyl sites for hydroxylation is 2. The molecule has 1 aromatic rings. The summed E-state index contributed by atoms with van der Waals surface area (Å²) in [6, 6.07) is 6.04. The summed E-state index contributed by atoms with van der Waals surface area (Å²) in [6.07, 6.45) is 0. The van der Waals surface area contributed by atoms with Crippen molar-refractivity contribution in [2.75, 3.05) is 13.1 Å². The van der Waals surface area contributed by atoms with Gasteiger partial charge in [0.25, 0.3) is 0 Å². The molecular formula is C13H17NO. The van der Waals surface area contributed by atoms with E-state index in [4.69, 9.17) is 0 Å². The second-order valence-corrected chi connectivity index (χ2v) is 4.81. The summed E-state index contributed by atoms with van der Waals surface area (Å²) in [5, 5.41) is 3.16. The zero-order chi connectivity index (χ0) is 11.1. The summed E-state index contributed by atoms with van der Waals surface area (Å²) >= 11 is 0. The van der Waals surface area contributed by atoms with Gasteiger partial charge in [0.05, 0.1) is 5.41 Å². The highest BCUT2D eigenvalue weighted by Crippen LogP contribution is 2.28. The smallest absolute Gasteiger partial charge is 0.171 e. The van der Waals surface area contributed by atoms with Crippen LogP contribution in [0, 0.1) is 19.3 Å². The number of ketones is 1. The minimum absolute atomic E-state index is 0.181. The van der Waals surface area contributed by atoms with E-state index in [1.807, 2.05) is 32.9 Å². The molecule has 0 saturated carbocycles. The van der Waals surface area contributed by atoms with Crippen LogP contribution in [0.15, 0.2) is 18.2 Å². The summed E-state index contributed by atoms with van der Waals surface area (Å²) in [6.45, 7) is 7.70. The van der Waals surface area contributed by atoms with Crippen molar-refractivity contribution in [3.8, 4) is 0 Å². The number of carbonyl (C=O) groups is 1. The lowest BCUT2D eigenvalue weighted by Crippen LogP contribution is -2.56. The van der Waals surface area contributed by atoms with Crippen LogP contribution < -0.4 is 5.32 Å². The standard InChI is InChI=1S/C13H17NO/c1-9-4-5-11(10(2)6-9)12(15)13(3)7-14-8-13/h4-6,14H,7-8H2,1-3H3. The summed E-state index contributed by atoms with van der Waals surface area (Å²) in [5.41, 5.74) is 3.00. The van der Waals surface area contributed by atoms with Gasteiger partial charge in [-0.1, -0.05) is 23.8 Å². The molecule has 15 heavy (non-hydrogen) atoms. The first-order valence-corrected chi connectivity index (χ1v) is 5.36. The van der Waals surface area contributed by atoms with Gasteiger partial charge in [-0.25, -0.2) is 0 Å². The molecule has 0 aliphatic carbocycles. The molecule has 0 unspecified atom stereocenters. The Bertz CT molecular complexity index is 405. The minimum Gasteiger partial charge on any atom is -0.315 e. The Labute approximate surface area is 90.7 Å². The van der Waals surface area contributed by atoms with Crippen LogP contribution in [0.4, 0.5) is 0 Å².